The van der Waals surface area contributed by atoms with E-state index in [9.17, 15) is 9.59 Å². The summed E-state index contributed by atoms with van der Waals surface area (Å²) in [5, 5.41) is 15.1. The number of amides is 1. The molecule has 1 atom stereocenters. The number of H-pyrrole nitrogens is 1. The highest BCUT2D eigenvalue weighted by Gasteiger charge is 2.16. The smallest absolute Gasteiger partial charge is 0.280 e. The summed E-state index contributed by atoms with van der Waals surface area (Å²) < 4.78 is 1.34. The van der Waals surface area contributed by atoms with Gasteiger partial charge in [0.05, 0.1) is 22.8 Å². The first-order chi connectivity index (χ1) is 15.3. The van der Waals surface area contributed by atoms with E-state index in [0.29, 0.717) is 28.4 Å². The summed E-state index contributed by atoms with van der Waals surface area (Å²) in [5.41, 5.74) is 2.85. The highest BCUT2D eigenvalue weighted by atomic mass is 16.2. The molecule has 2 N–H and O–H groups in total. The van der Waals surface area contributed by atoms with Crippen LogP contribution in [-0.2, 0) is 0 Å². The lowest BCUT2D eigenvalue weighted by atomic mass is 10.0. The molecule has 7 heteroatoms. The lowest BCUT2D eigenvalue weighted by Gasteiger charge is -2.18. The topological polar surface area (TPSA) is 104 Å². The minimum atomic E-state index is -0.248. The molecule has 166 valence electrons. The first-order valence-electron chi connectivity index (χ1n) is 10.9. The number of pyridine rings is 1. The van der Waals surface area contributed by atoms with Crippen LogP contribution in [0.2, 0.25) is 0 Å². The quantitative estimate of drug-likeness (QED) is 0.553. The lowest BCUT2D eigenvalue weighted by molar-refractivity contribution is 0.0932. The van der Waals surface area contributed by atoms with Gasteiger partial charge in [0.2, 0.25) is 0 Å². The van der Waals surface area contributed by atoms with E-state index >= 15 is 0 Å². The van der Waals surface area contributed by atoms with E-state index in [4.69, 9.17) is 5.26 Å². The summed E-state index contributed by atoms with van der Waals surface area (Å²) in [6.45, 7) is 8.28. The Morgan fingerprint density at radius 1 is 1.22 bits per heavy atom. The van der Waals surface area contributed by atoms with Gasteiger partial charge in [0.15, 0.2) is 5.82 Å². The molecule has 7 nitrogen and oxygen atoms in total. The van der Waals surface area contributed by atoms with Crippen LogP contribution in [0.25, 0.3) is 16.9 Å². The number of aryl methyl sites for hydroxylation is 1. The zero-order valence-electron chi connectivity index (χ0n) is 19.0. The SMILES string of the molecule is CCC(CCC(C)C)NC(=O)c1ccc(-n2[nH]cc(-c3ccc(C#N)cc3C)c2=O)nc1. The van der Waals surface area contributed by atoms with Crippen molar-refractivity contribution < 1.29 is 4.79 Å². The molecular weight excluding hydrogens is 402 g/mol. The Labute approximate surface area is 188 Å². The molecule has 3 aromatic rings. The zero-order chi connectivity index (χ0) is 23.3. The Morgan fingerprint density at radius 2 is 2.00 bits per heavy atom. The van der Waals surface area contributed by atoms with Crippen molar-refractivity contribution in [1.29, 1.82) is 5.26 Å². The number of nitrogens with one attached hydrogen (secondary N) is 2. The first-order valence-corrected chi connectivity index (χ1v) is 10.9. The average Bonchev–Trinajstić information content (AvgIpc) is 3.17. The van der Waals surface area contributed by atoms with Gasteiger partial charge in [-0.3, -0.25) is 14.7 Å². The highest BCUT2D eigenvalue weighted by molar-refractivity contribution is 5.94. The number of carbonyl (C=O) groups is 1. The predicted molar refractivity (Wildman–Crippen MR) is 125 cm³/mol. The standard InChI is InChI=1S/C25H29N5O2/c1-5-20(9-6-16(2)3)29-24(31)19-8-11-23(27-14-19)30-25(32)22(15-28-30)21-10-7-18(13-26)12-17(21)4/h7-8,10-12,14-16,20,28H,5-6,9H2,1-4H3,(H,29,31). The third-order valence-corrected chi connectivity index (χ3v) is 5.58. The molecule has 1 amide bonds. The highest BCUT2D eigenvalue weighted by Crippen LogP contribution is 2.21. The predicted octanol–water partition coefficient (Wildman–Crippen LogP) is 4.35. The van der Waals surface area contributed by atoms with E-state index in [1.54, 1.807) is 36.5 Å². The third-order valence-electron chi connectivity index (χ3n) is 5.58. The number of nitriles is 1. The van der Waals surface area contributed by atoms with E-state index in [1.807, 2.05) is 6.92 Å². The van der Waals surface area contributed by atoms with Gasteiger partial charge in [0.25, 0.3) is 11.5 Å². The lowest BCUT2D eigenvalue weighted by Crippen LogP contribution is -2.34. The number of aromatic nitrogens is 3. The van der Waals surface area contributed by atoms with Crippen LogP contribution in [0.4, 0.5) is 0 Å². The molecule has 1 unspecified atom stereocenters. The first kappa shape index (κ1) is 23.0. The van der Waals surface area contributed by atoms with Gasteiger partial charge in [-0.15, -0.1) is 0 Å². The van der Waals surface area contributed by atoms with Crippen LogP contribution in [0.15, 0.2) is 47.5 Å². The van der Waals surface area contributed by atoms with Crippen molar-refractivity contribution >= 4 is 5.91 Å². The minimum Gasteiger partial charge on any atom is -0.349 e. The molecule has 0 aliphatic rings. The molecule has 1 aromatic carbocycles. The largest absolute Gasteiger partial charge is 0.349 e. The molecule has 0 saturated carbocycles. The van der Waals surface area contributed by atoms with E-state index in [0.717, 1.165) is 30.4 Å². The molecule has 0 radical (unpaired) electrons. The van der Waals surface area contributed by atoms with Crippen molar-refractivity contribution in [3.63, 3.8) is 0 Å². The fourth-order valence-corrected chi connectivity index (χ4v) is 3.60. The summed E-state index contributed by atoms with van der Waals surface area (Å²) in [6, 6.07) is 10.8. The molecule has 0 spiro atoms. The molecule has 32 heavy (non-hydrogen) atoms. The Morgan fingerprint density at radius 3 is 2.59 bits per heavy atom. The molecule has 0 aliphatic carbocycles. The second kappa shape index (κ2) is 10.1. The van der Waals surface area contributed by atoms with Gasteiger partial charge in [0.1, 0.15) is 0 Å². The number of nitrogens with zero attached hydrogens (tertiary/aromatic N) is 3. The fourth-order valence-electron chi connectivity index (χ4n) is 3.60. The molecule has 0 bridgehead atoms. The maximum Gasteiger partial charge on any atom is 0.280 e. The third kappa shape index (κ3) is 5.14. The maximum absolute atomic E-state index is 13.0. The van der Waals surface area contributed by atoms with Crippen LogP contribution in [0, 0.1) is 24.2 Å². The van der Waals surface area contributed by atoms with Crippen LogP contribution in [0.3, 0.4) is 0 Å². The number of aromatic amines is 1. The van der Waals surface area contributed by atoms with Gasteiger partial charge in [-0.25, -0.2) is 9.67 Å². The van der Waals surface area contributed by atoms with Crippen molar-refractivity contribution in [1.82, 2.24) is 20.1 Å². The Hall–Kier alpha value is -3.66. The monoisotopic (exact) mass is 431 g/mol. The number of benzene rings is 1. The van der Waals surface area contributed by atoms with Crippen molar-refractivity contribution in [3.05, 3.63) is 69.8 Å². The van der Waals surface area contributed by atoms with Gasteiger partial charge in [-0.05, 0) is 67.5 Å². The molecule has 3 rings (SSSR count). The van der Waals surface area contributed by atoms with Crippen molar-refractivity contribution in [2.45, 2.75) is 53.0 Å². The summed E-state index contributed by atoms with van der Waals surface area (Å²) >= 11 is 0. The Kier molecular flexibility index (Phi) is 7.26. The van der Waals surface area contributed by atoms with E-state index < -0.39 is 0 Å². The van der Waals surface area contributed by atoms with Crippen LogP contribution in [0.1, 0.15) is 61.5 Å². The van der Waals surface area contributed by atoms with E-state index in [1.165, 1.54) is 10.9 Å². The van der Waals surface area contributed by atoms with Gasteiger partial charge >= 0.3 is 0 Å². The molecular formula is C25H29N5O2. The van der Waals surface area contributed by atoms with Crippen molar-refractivity contribution in [3.8, 4) is 23.0 Å². The number of rotatable bonds is 8. The number of hydrogen-bond donors (Lipinski definition) is 2. The normalized spacial score (nSPS) is 11.9. The number of hydrogen-bond acceptors (Lipinski definition) is 4. The Balaban J connectivity index is 1.78. The van der Waals surface area contributed by atoms with E-state index in [2.05, 4.69) is 42.2 Å². The average molecular weight is 432 g/mol. The molecule has 2 aromatic heterocycles. The van der Waals surface area contributed by atoms with Gasteiger partial charge < -0.3 is 5.32 Å². The van der Waals surface area contributed by atoms with Crippen LogP contribution < -0.4 is 10.9 Å². The second-order valence-electron chi connectivity index (χ2n) is 8.42. The molecule has 0 saturated heterocycles. The van der Waals surface area contributed by atoms with Crippen LogP contribution >= 0.6 is 0 Å². The zero-order valence-corrected chi connectivity index (χ0v) is 19.0. The van der Waals surface area contributed by atoms with Crippen LogP contribution in [-0.4, -0.2) is 26.7 Å². The van der Waals surface area contributed by atoms with Gasteiger partial charge in [0, 0.05) is 18.4 Å². The summed E-state index contributed by atoms with van der Waals surface area (Å²) in [4.78, 5) is 29.9. The van der Waals surface area contributed by atoms with Gasteiger partial charge in [-0.1, -0.05) is 26.8 Å². The van der Waals surface area contributed by atoms with Crippen molar-refractivity contribution in [2.24, 2.45) is 5.92 Å². The Bertz CT molecular complexity index is 1180. The molecule has 2 heterocycles. The fraction of sp³-hybridized carbons (Fsp3) is 0.360. The molecule has 0 aliphatic heterocycles. The minimum absolute atomic E-state index is 0.133. The second-order valence-corrected chi connectivity index (χ2v) is 8.42. The molecule has 0 fully saturated rings. The van der Waals surface area contributed by atoms with Gasteiger partial charge in [-0.2, -0.15) is 5.26 Å². The maximum atomic E-state index is 13.0. The summed E-state index contributed by atoms with van der Waals surface area (Å²) in [6.07, 6.45) is 5.99. The summed E-state index contributed by atoms with van der Waals surface area (Å²) in [7, 11) is 0. The summed E-state index contributed by atoms with van der Waals surface area (Å²) in [5.74, 6) is 0.835. The van der Waals surface area contributed by atoms with Crippen LogP contribution in [0.5, 0.6) is 0 Å². The number of carbonyl (C=O) groups excluding carboxylic acids is 1. The van der Waals surface area contributed by atoms with Crippen molar-refractivity contribution in [2.75, 3.05) is 0 Å². The van der Waals surface area contributed by atoms with E-state index in [-0.39, 0.29) is 17.5 Å².